The summed E-state index contributed by atoms with van der Waals surface area (Å²) < 4.78 is 11.2. The van der Waals surface area contributed by atoms with Gasteiger partial charge >= 0.3 is 0 Å². The Balaban J connectivity index is 1.83. The fourth-order valence-electron chi connectivity index (χ4n) is 4.63. The summed E-state index contributed by atoms with van der Waals surface area (Å²) in [6, 6.07) is 10.9. The third-order valence-electron chi connectivity index (χ3n) is 6.06. The number of nitrogens with zero attached hydrogens (tertiary/aromatic N) is 1. The summed E-state index contributed by atoms with van der Waals surface area (Å²) >= 11 is 0. The number of rotatable bonds is 4. The van der Waals surface area contributed by atoms with Gasteiger partial charge in [-0.1, -0.05) is 25.0 Å². The second kappa shape index (κ2) is 7.74. The molecule has 0 radical (unpaired) electrons. The molecule has 148 valence electrons. The van der Waals surface area contributed by atoms with E-state index in [1.54, 1.807) is 26.4 Å². The van der Waals surface area contributed by atoms with Crippen LogP contribution in [-0.4, -0.2) is 36.7 Å². The van der Waals surface area contributed by atoms with Crippen molar-refractivity contribution in [1.29, 1.82) is 0 Å². The molecule has 5 heteroatoms. The van der Waals surface area contributed by atoms with Gasteiger partial charge in [0.15, 0.2) is 0 Å². The minimum absolute atomic E-state index is 0.116. The van der Waals surface area contributed by atoms with Crippen LogP contribution in [0, 0.1) is 5.92 Å². The van der Waals surface area contributed by atoms with Crippen molar-refractivity contribution < 1.29 is 19.4 Å². The van der Waals surface area contributed by atoms with Crippen molar-refractivity contribution >= 4 is 5.91 Å². The molecule has 2 aliphatic rings. The number of hydrogen-bond acceptors (Lipinski definition) is 4. The number of carbonyl (C=O) groups excluding carboxylic acids is 1. The van der Waals surface area contributed by atoms with Crippen LogP contribution >= 0.6 is 0 Å². The van der Waals surface area contributed by atoms with E-state index in [1.807, 2.05) is 29.2 Å². The summed E-state index contributed by atoms with van der Waals surface area (Å²) in [5.74, 6) is 2.06. The Hall–Kier alpha value is -2.69. The molecule has 1 N–H and O–H groups in total. The molecule has 1 saturated carbocycles. The number of aromatic hydroxyl groups is 1. The molecule has 2 aromatic carbocycles. The third kappa shape index (κ3) is 3.30. The van der Waals surface area contributed by atoms with Crippen LogP contribution in [0.3, 0.4) is 0 Å². The Morgan fingerprint density at radius 2 is 1.79 bits per heavy atom. The van der Waals surface area contributed by atoms with Crippen LogP contribution in [0.5, 0.6) is 17.2 Å². The molecule has 28 heavy (non-hydrogen) atoms. The first kappa shape index (κ1) is 18.7. The minimum Gasteiger partial charge on any atom is -0.508 e. The summed E-state index contributed by atoms with van der Waals surface area (Å²) in [6.07, 6.45) is 4.99. The molecule has 2 aromatic rings. The van der Waals surface area contributed by atoms with Crippen LogP contribution in [0.1, 0.15) is 48.4 Å². The van der Waals surface area contributed by atoms with E-state index in [9.17, 15) is 9.90 Å². The van der Waals surface area contributed by atoms with E-state index in [0.717, 1.165) is 60.3 Å². The zero-order valence-corrected chi connectivity index (χ0v) is 16.5. The maximum Gasteiger partial charge on any atom is 0.226 e. The average Bonchev–Trinajstić information content (AvgIpc) is 3.27. The van der Waals surface area contributed by atoms with Crippen LogP contribution in [0.25, 0.3) is 0 Å². The zero-order valence-electron chi connectivity index (χ0n) is 16.5. The quantitative estimate of drug-likeness (QED) is 0.867. The lowest BCUT2D eigenvalue weighted by Crippen LogP contribution is -2.43. The number of carbonyl (C=O) groups is 1. The topological polar surface area (TPSA) is 59.0 Å². The van der Waals surface area contributed by atoms with Gasteiger partial charge in [0.1, 0.15) is 17.2 Å². The van der Waals surface area contributed by atoms with Crippen LogP contribution in [0.4, 0.5) is 0 Å². The van der Waals surface area contributed by atoms with Crippen molar-refractivity contribution in [1.82, 2.24) is 4.90 Å². The molecule has 1 atom stereocenters. The van der Waals surface area contributed by atoms with Gasteiger partial charge in [-0.25, -0.2) is 0 Å². The monoisotopic (exact) mass is 381 g/mol. The van der Waals surface area contributed by atoms with E-state index >= 15 is 0 Å². The number of phenols is 1. The molecular formula is C23H27NO4. The van der Waals surface area contributed by atoms with Crippen molar-refractivity contribution in [2.24, 2.45) is 5.92 Å². The number of methoxy groups -OCH3 is 2. The summed E-state index contributed by atoms with van der Waals surface area (Å²) in [6.45, 7) is 0.671. The Bertz CT molecular complexity index is 838. The molecule has 0 aromatic heterocycles. The summed E-state index contributed by atoms with van der Waals surface area (Å²) in [4.78, 5) is 15.4. The third-order valence-corrected chi connectivity index (χ3v) is 6.06. The van der Waals surface area contributed by atoms with Crippen molar-refractivity contribution in [3.8, 4) is 17.2 Å². The predicted octanol–water partition coefficient (Wildman–Crippen LogP) is 4.07. The largest absolute Gasteiger partial charge is 0.508 e. The fraction of sp³-hybridized carbons (Fsp3) is 0.435. The first-order chi connectivity index (χ1) is 13.6. The number of benzene rings is 2. The van der Waals surface area contributed by atoms with Crippen LogP contribution in [-0.2, 0) is 11.2 Å². The zero-order chi connectivity index (χ0) is 19.7. The standard InChI is InChI=1S/C23H27NO4/c1-27-19-13-17-11-12-24(23(26)16-5-3-4-6-16)22(21(17)20(14-19)28-2)15-7-9-18(25)10-8-15/h7-10,13-14,16,22,25H,3-6,11-12H2,1-2H3. The predicted molar refractivity (Wildman–Crippen MR) is 107 cm³/mol. The van der Waals surface area contributed by atoms with Crippen molar-refractivity contribution in [3.63, 3.8) is 0 Å². The highest BCUT2D eigenvalue weighted by Gasteiger charge is 2.38. The van der Waals surface area contributed by atoms with E-state index in [0.29, 0.717) is 6.54 Å². The maximum absolute atomic E-state index is 13.4. The van der Waals surface area contributed by atoms with Gasteiger partial charge in [-0.15, -0.1) is 0 Å². The van der Waals surface area contributed by atoms with Gasteiger partial charge in [-0.3, -0.25) is 4.79 Å². The molecule has 0 spiro atoms. The lowest BCUT2D eigenvalue weighted by Gasteiger charge is -2.40. The SMILES string of the molecule is COc1cc2c(c(OC)c1)C(c1ccc(O)cc1)N(C(=O)C1CCCC1)CC2. The highest BCUT2D eigenvalue weighted by Crippen LogP contribution is 2.44. The maximum atomic E-state index is 13.4. The molecule has 1 unspecified atom stereocenters. The number of hydrogen-bond donors (Lipinski definition) is 1. The fourth-order valence-corrected chi connectivity index (χ4v) is 4.63. The summed E-state index contributed by atoms with van der Waals surface area (Å²) in [5, 5.41) is 9.75. The van der Waals surface area contributed by atoms with Gasteiger partial charge in [0.05, 0.1) is 20.3 Å². The highest BCUT2D eigenvalue weighted by molar-refractivity contribution is 5.81. The molecule has 1 aliphatic carbocycles. The number of phenolic OH excluding ortho intramolecular Hbond substituents is 1. The van der Waals surface area contributed by atoms with E-state index in [4.69, 9.17) is 9.47 Å². The lowest BCUT2D eigenvalue weighted by atomic mass is 9.86. The van der Waals surface area contributed by atoms with Gasteiger partial charge in [-0.2, -0.15) is 0 Å². The molecule has 4 rings (SSSR count). The van der Waals surface area contributed by atoms with Gasteiger partial charge in [0.2, 0.25) is 5.91 Å². The molecule has 1 aliphatic heterocycles. The van der Waals surface area contributed by atoms with Crippen LogP contribution < -0.4 is 9.47 Å². The molecule has 5 nitrogen and oxygen atoms in total. The molecule has 0 saturated heterocycles. The van der Waals surface area contributed by atoms with Crippen LogP contribution in [0.2, 0.25) is 0 Å². The first-order valence-electron chi connectivity index (χ1n) is 9.96. The van der Waals surface area contributed by atoms with Gasteiger partial charge in [-0.05, 0) is 48.6 Å². The summed E-state index contributed by atoms with van der Waals surface area (Å²) in [5.41, 5.74) is 3.14. The first-order valence-corrected chi connectivity index (χ1v) is 9.96. The molecule has 1 fully saturated rings. The molecule has 1 heterocycles. The van der Waals surface area contributed by atoms with E-state index in [2.05, 4.69) is 0 Å². The lowest BCUT2D eigenvalue weighted by molar-refractivity contribution is -0.137. The Labute approximate surface area is 165 Å². The van der Waals surface area contributed by atoms with Crippen LogP contribution in [0.15, 0.2) is 36.4 Å². The molecular weight excluding hydrogens is 354 g/mol. The second-order valence-electron chi connectivity index (χ2n) is 7.66. The smallest absolute Gasteiger partial charge is 0.226 e. The van der Waals surface area contributed by atoms with Crippen molar-refractivity contribution in [3.05, 3.63) is 53.1 Å². The van der Waals surface area contributed by atoms with Gasteiger partial charge in [0.25, 0.3) is 0 Å². The molecule has 1 amide bonds. The van der Waals surface area contributed by atoms with Crippen molar-refractivity contribution in [2.75, 3.05) is 20.8 Å². The van der Waals surface area contributed by atoms with E-state index < -0.39 is 0 Å². The van der Waals surface area contributed by atoms with E-state index in [1.165, 1.54) is 0 Å². The average molecular weight is 381 g/mol. The second-order valence-corrected chi connectivity index (χ2v) is 7.66. The number of ether oxygens (including phenoxy) is 2. The van der Waals surface area contributed by atoms with Gasteiger partial charge < -0.3 is 19.5 Å². The number of amides is 1. The van der Waals surface area contributed by atoms with E-state index in [-0.39, 0.29) is 23.6 Å². The highest BCUT2D eigenvalue weighted by atomic mass is 16.5. The Morgan fingerprint density at radius 1 is 1.07 bits per heavy atom. The number of fused-ring (bicyclic) bond motifs is 1. The Morgan fingerprint density at radius 3 is 2.43 bits per heavy atom. The molecule has 0 bridgehead atoms. The van der Waals surface area contributed by atoms with Gasteiger partial charge in [0, 0.05) is 24.1 Å². The summed E-state index contributed by atoms with van der Waals surface area (Å²) in [7, 11) is 3.30. The minimum atomic E-state index is -0.224. The normalized spacial score (nSPS) is 19.4. The van der Waals surface area contributed by atoms with Crippen molar-refractivity contribution in [2.45, 2.75) is 38.1 Å². The Kier molecular flexibility index (Phi) is 5.16.